The van der Waals surface area contributed by atoms with Crippen molar-refractivity contribution in [2.24, 2.45) is 16.8 Å². The molecule has 4 heteroatoms. The average molecular weight is 142 g/mol. The van der Waals surface area contributed by atoms with Gasteiger partial charge in [0.1, 0.15) is 0 Å². The van der Waals surface area contributed by atoms with E-state index in [1.165, 1.54) is 0 Å². The molecule has 0 bridgehead atoms. The van der Waals surface area contributed by atoms with Crippen LogP contribution < -0.4 is 5.73 Å². The van der Waals surface area contributed by atoms with Crippen molar-refractivity contribution in [1.82, 2.24) is 0 Å². The molecule has 0 aliphatic carbocycles. The van der Waals surface area contributed by atoms with Crippen molar-refractivity contribution in [3.05, 3.63) is 10.4 Å². The smallest absolute Gasteiger partial charge is 0.0412 e. The molecule has 0 aliphatic heterocycles. The van der Waals surface area contributed by atoms with Crippen LogP contribution in [0.1, 0.15) is 20.3 Å². The predicted octanol–water partition coefficient (Wildman–Crippen LogP) is 1.67. The van der Waals surface area contributed by atoms with E-state index >= 15 is 0 Å². The van der Waals surface area contributed by atoms with Crippen molar-refractivity contribution >= 4 is 0 Å². The van der Waals surface area contributed by atoms with Gasteiger partial charge < -0.3 is 5.73 Å². The molecule has 10 heavy (non-hydrogen) atoms. The van der Waals surface area contributed by atoms with Gasteiger partial charge in [-0.1, -0.05) is 25.4 Å². The van der Waals surface area contributed by atoms with Crippen LogP contribution in [0.15, 0.2) is 5.11 Å². The Morgan fingerprint density at radius 1 is 1.70 bits per heavy atom. The first kappa shape index (κ1) is 9.27. The summed E-state index contributed by atoms with van der Waals surface area (Å²) in [5.41, 5.74) is 13.6. The van der Waals surface area contributed by atoms with E-state index in [0.717, 1.165) is 6.42 Å². The van der Waals surface area contributed by atoms with Crippen LogP contribution in [0.2, 0.25) is 0 Å². The molecule has 0 aromatic rings. The van der Waals surface area contributed by atoms with Gasteiger partial charge in [-0.15, -0.1) is 0 Å². The monoisotopic (exact) mass is 142 g/mol. The first-order valence-corrected chi connectivity index (χ1v) is 3.48. The van der Waals surface area contributed by atoms with Crippen molar-refractivity contribution < 1.29 is 0 Å². The minimum Gasteiger partial charge on any atom is -0.327 e. The first-order chi connectivity index (χ1) is 4.72. The molecule has 0 heterocycles. The minimum atomic E-state index is 0.0147. The summed E-state index contributed by atoms with van der Waals surface area (Å²) in [4.78, 5) is 2.64. The third-order valence-corrected chi connectivity index (χ3v) is 1.73. The fraction of sp³-hybridized carbons (Fsp3) is 1.00. The first-order valence-electron chi connectivity index (χ1n) is 3.48. The third-order valence-electron chi connectivity index (χ3n) is 1.73. The number of hydrogen-bond donors (Lipinski definition) is 1. The number of hydrogen-bond acceptors (Lipinski definition) is 2. The van der Waals surface area contributed by atoms with Crippen LogP contribution in [0.5, 0.6) is 0 Å². The highest BCUT2D eigenvalue weighted by Gasteiger charge is 2.07. The van der Waals surface area contributed by atoms with E-state index in [4.69, 9.17) is 11.3 Å². The van der Waals surface area contributed by atoms with E-state index in [9.17, 15) is 0 Å². The molecule has 0 rings (SSSR count). The lowest BCUT2D eigenvalue weighted by Gasteiger charge is -2.14. The van der Waals surface area contributed by atoms with E-state index in [1.54, 1.807) is 0 Å². The summed E-state index contributed by atoms with van der Waals surface area (Å²) >= 11 is 0. The van der Waals surface area contributed by atoms with Crippen LogP contribution in [-0.4, -0.2) is 12.6 Å². The van der Waals surface area contributed by atoms with Gasteiger partial charge in [0, 0.05) is 17.5 Å². The highest BCUT2D eigenvalue weighted by Crippen LogP contribution is 2.04. The molecule has 2 N–H and O–H groups in total. The van der Waals surface area contributed by atoms with Crippen molar-refractivity contribution in [3.8, 4) is 0 Å². The highest BCUT2D eigenvalue weighted by atomic mass is 15.1. The molecule has 0 aromatic carbocycles. The number of nitrogens with zero attached hydrogens (tertiary/aromatic N) is 3. The molecular formula is C6H14N4. The second-order valence-corrected chi connectivity index (χ2v) is 2.46. The van der Waals surface area contributed by atoms with Gasteiger partial charge in [-0.25, -0.2) is 0 Å². The molecule has 2 atom stereocenters. The maximum absolute atomic E-state index is 7.97. The molecule has 0 amide bonds. The number of rotatable bonds is 4. The van der Waals surface area contributed by atoms with Crippen LogP contribution in [0, 0.1) is 5.92 Å². The molecular weight excluding hydrogens is 128 g/mol. The molecule has 0 saturated carbocycles. The molecule has 0 fully saturated rings. The topological polar surface area (TPSA) is 74.8 Å². The molecule has 0 aliphatic rings. The summed E-state index contributed by atoms with van der Waals surface area (Å²) < 4.78 is 0. The zero-order valence-corrected chi connectivity index (χ0v) is 6.49. The summed E-state index contributed by atoms with van der Waals surface area (Å²) in [5, 5.41) is 3.40. The SMILES string of the molecule is CC[C@@H](C)[C@H](N)CN=[N+]=[N-]. The minimum absolute atomic E-state index is 0.0147. The maximum Gasteiger partial charge on any atom is 0.0412 e. The average Bonchev–Trinajstić information content (AvgIpc) is 1.98. The molecule has 4 nitrogen and oxygen atoms in total. The molecule has 0 spiro atoms. The lowest BCUT2D eigenvalue weighted by Crippen LogP contribution is -2.30. The van der Waals surface area contributed by atoms with E-state index in [1.807, 2.05) is 0 Å². The van der Waals surface area contributed by atoms with Gasteiger partial charge in [0.2, 0.25) is 0 Å². The summed E-state index contributed by atoms with van der Waals surface area (Å²) in [6, 6.07) is 0.0147. The third kappa shape index (κ3) is 3.33. The van der Waals surface area contributed by atoms with Crippen molar-refractivity contribution in [3.63, 3.8) is 0 Å². The van der Waals surface area contributed by atoms with Crippen LogP contribution >= 0.6 is 0 Å². The number of azide groups is 1. The Balaban J connectivity index is 3.60. The second kappa shape index (κ2) is 5.09. The maximum atomic E-state index is 7.97. The zero-order valence-electron chi connectivity index (χ0n) is 6.49. The van der Waals surface area contributed by atoms with E-state index in [0.29, 0.717) is 12.5 Å². The molecule has 0 saturated heterocycles. The molecule has 0 unspecified atom stereocenters. The van der Waals surface area contributed by atoms with Crippen LogP contribution in [0.4, 0.5) is 0 Å². The predicted molar refractivity (Wildman–Crippen MR) is 41.4 cm³/mol. The van der Waals surface area contributed by atoms with Crippen molar-refractivity contribution in [2.75, 3.05) is 6.54 Å². The van der Waals surface area contributed by atoms with Crippen LogP contribution in [0.3, 0.4) is 0 Å². The Kier molecular flexibility index (Phi) is 4.72. The lowest BCUT2D eigenvalue weighted by atomic mass is 10.0. The molecule has 0 aromatic heterocycles. The largest absolute Gasteiger partial charge is 0.327 e. The fourth-order valence-corrected chi connectivity index (χ4v) is 0.613. The summed E-state index contributed by atoms with van der Waals surface area (Å²) in [6.45, 7) is 4.53. The Morgan fingerprint density at radius 2 is 2.30 bits per heavy atom. The standard InChI is InChI=1S/C6H14N4/c1-3-5(2)6(7)4-9-10-8/h5-6H,3-4,7H2,1-2H3/t5-,6-/m1/s1. The molecule has 0 radical (unpaired) electrons. The highest BCUT2D eigenvalue weighted by molar-refractivity contribution is 4.70. The Morgan fingerprint density at radius 3 is 2.70 bits per heavy atom. The van der Waals surface area contributed by atoms with Gasteiger partial charge in [0.05, 0.1) is 0 Å². The van der Waals surface area contributed by atoms with E-state index in [-0.39, 0.29) is 6.04 Å². The fourth-order valence-electron chi connectivity index (χ4n) is 0.613. The van der Waals surface area contributed by atoms with Crippen LogP contribution in [0.25, 0.3) is 10.4 Å². The lowest BCUT2D eigenvalue weighted by molar-refractivity contribution is 0.449. The second-order valence-electron chi connectivity index (χ2n) is 2.46. The van der Waals surface area contributed by atoms with Crippen molar-refractivity contribution in [2.45, 2.75) is 26.3 Å². The van der Waals surface area contributed by atoms with Gasteiger partial charge in [-0.05, 0) is 11.4 Å². The van der Waals surface area contributed by atoms with Gasteiger partial charge in [-0.3, -0.25) is 0 Å². The summed E-state index contributed by atoms with van der Waals surface area (Å²) in [7, 11) is 0. The van der Waals surface area contributed by atoms with Gasteiger partial charge in [0.15, 0.2) is 0 Å². The van der Waals surface area contributed by atoms with E-state index in [2.05, 4.69) is 23.9 Å². The Hall–Kier alpha value is -0.730. The van der Waals surface area contributed by atoms with Gasteiger partial charge >= 0.3 is 0 Å². The summed E-state index contributed by atoms with van der Waals surface area (Å²) in [6.07, 6.45) is 1.03. The molecule has 58 valence electrons. The van der Waals surface area contributed by atoms with Gasteiger partial charge in [-0.2, -0.15) is 0 Å². The van der Waals surface area contributed by atoms with E-state index < -0.39 is 0 Å². The number of nitrogens with two attached hydrogens (primary N) is 1. The summed E-state index contributed by atoms with van der Waals surface area (Å²) in [5.74, 6) is 0.436. The quantitative estimate of drug-likeness (QED) is 0.362. The van der Waals surface area contributed by atoms with Crippen molar-refractivity contribution in [1.29, 1.82) is 0 Å². The van der Waals surface area contributed by atoms with Gasteiger partial charge in [0.25, 0.3) is 0 Å². The zero-order chi connectivity index (χ0) is 7.98. The Labute approximate surface area is 61.0 Å². The Bertz CT molecular complexity index is 128. The normalized spacial score (nSPS) is 15.5. The van der Waals surface area contributed by atoms with Crippen LogP contribution in [-0.2, 0) is 0 Å².